The summed E-state index contributed by atoms with van der Waals surface area (Å²) in [5.74, 6) is -0.391. The lowest BCUT2D eigenvalue weighted by molar-refractivity contribution is -0.122. The van der Waals surface area contributed by atoms with Crippen LogP contribution in [0, 0.1) is 0 Å². The predicted octanol–water partition coefficient (Wildman–Crippen LogP) is 3.49. The lowest BCUT2D eigenvalue weighted by atomic mass is 10.1. The highest BCUT2D eigenvalue weighted by atomic mass is 32.3. The van der Waals surface area contributed by atoms with Crippen LogP contribution >= 0.6 is 10.8 Å². The van der Waals surface area contributed by atoms with Crippen LogP contribution < -0.4 is 0 Å². The number of hydrogen-bond acceptors (Lipinski definition) is 4. The summed E-state index contributed by atoms with van der Waals surface area (Å²) < 4.78 is 22.7. The van der Waals surface area contributed by atoms with Crippen LogP contribution in [0.4, 0.5) is 0 Å². The van der Waals surface area contributed by atoms with Gasteiger partial charge in [0.15, 0.2) is 0 Å². The van der Waals surface area contributed by atoms with E-state index in [0.29, 0.717) is 12.1 Å². The van der Waals surface area contributed by atoms with Crippen LogP contribution in [0.15, 0.2) is 35.3 Å². The number of nitrogens with zero attached hydrogens (tertiary/aromatic N) is 2. The second kappa shape index (κ2) is 5.44. The van der Waals surface area contributed by atoms with Crippen molar-refractivity contribution in [2.45, 2.75) is 38.5 Å². The summed E-state index contributed by atoms with van der Waals surface area (Å²) in [6.45, 7) is 7.62. The van der Waals surface area contributed by atoms with Crippen LogP contribution in [-0.4, -0.2) is 37.1 Å². The summed E-state index contributed by atoms with van der Waals surface area (Å²) in [4.78, 5) is 16.9. The van der Waals surface area contributed by atoms with E-state index in [9.17, 15) is 13.9 Å². The summed E-state index contributed by atoms with van der Waals surface area (Å²) in [6, 6.07) is 9.08. The molecule has 6 heteroatoms. The van der Waals surface area contributed by atoms with Gasteiger partial charge in [-0.3, -0.25) is 18.9 Å². The topological polar surface area (TPSA) is 73.1 Å². The quantitative estimate of drug-likeness (QED) is 0.878. The first-order chi connectivity index (χ1) is 9.71. The number of carbonyl (C=O) groups excluding carboxylic acids is 1. The summed E-state index contributed by atoms with van der Waals surface area (Å²) in [6.07, 6.45) is 0. The smallest absolute Gasteiger partial charge is 0.282 e. The van der Waals surface area contributed by atoms with Crippen molar-refractivity contribution in [3.05, 3.63) is 35.9 Å². The Morgan fingerprint density at radius 1 is 1.24 bits per heavy atom. The Labute approximate surface area is 127 Å². The second-order valence-electron chi connectivity index (χ2n) is 5.98. The van der Waals surface area contributed by atoms with Gasteiger partial charge in [0, 0.05) is 6.54 Å². The van der Waals surface area contributed by atoms with E-state index in [4.69, 9.17) is 0 Å². The third-order valence-electron chi connectivity index (χ3n) is 3.28. The molecule has 116 valence electrons. The van der Waals surface area contributed by atoms with Crippen LogP contribution in [0.5, 0.6) is 0 Å². The van der Waals surface area contributed by atoms with E-state index in [0.717, 1.165) is 0 Å². The fraction of sp³-hybridized carbons (Fsp3) is 0.467. The van der Waals surface area contributed by atoms with Gasteiger partial charge in [0.1, 0.15) is 11.0 Å². The van der Waals surface area contributed by atoms with Gasteiger partial charge in [0.2, 0.25) is 0 Å². The zero-order chi connectivity index (χ0) is 15.8. The average molecular weight is 310 g/mol. The van der Waals surface area contributed by atoms with E-state index >= 15 is 0 Å². The number of rotatable bonds is 2. The molecule has 0 bridgehead atoms. The summed E-state index contributed by atoms with van der Waals surface area (Å²) in [7, 11) is -3.31. The molecule has 1 aliphatic heterocycles. The summed E-state index contributed by atoms with van der Waals surface area (Å²) in [5, 5.41) is -0.787. The third kappa shape index (κ3) is 2.71. The van der Waals surface area contributed by atoms with Crippen LogP contribution in [-0.2, 0) is 4.79 Å². The fourth-order valence-electron chi connectivity index (χ4n) is 2.59. The molecule has 0 aliphatic carbocycles. The lowest BCUT2D eigenvalue weighted by Crippen LogP contribution is -2.43. The molecule has 21 heavy (non-hydrogen) atoms. The predicted molar refractivity (Wildman–Crippen MR) is 86.6 cm³/mol. The van der Waals surface area contributed by atoms with Gasteiger partial charge >= 0.3 is 0 Å². The first-order valence-electron chi connectivity index (χ1n) is 6.92. The molecule has 1 saturated heterocycles. The molecule has 1 aromatic rings. The molecule has 1 amide bonds. The molecule has 1 atom stereocenters. The van der Waals surface area contributed by atoms with Gasteiger partial charge < -0.3 is 0 Å². The van der Waals surface area contributed by atoms with E-state index in [1.807, 2.05) is 25.1 Å². The molecule has 1 unspecified atom stereocenters. The maximum atomic E-state index is 12.6. The normalized spacial score (nSPS) is 25.4. The Hall–Kier alpha value is -1.37. The molecule has 1 fully saturated rings. The first-order valence-corrected chi connectivity index (χ1v) is 8.49. The molecule has 0 saturated carbocycles. The minimum atomic E-state index is -3.31. The Kier molecular flexibility index (Phi) is 4.15. The Morgan fingerprint density at radius 3 is 2.29 bits per heavy atom. The molecule has 0 spiro atoms. The molecular formula is C15H22N2O3S. The van der Waals surface area contributed by atoms with E-state index < -0.39 is 27.5 Å². The van der Waals surface area contributed by atoms with Crippen molar-refractivity contribution in [3.63, 3.8) is 0 Å². The highest BCUT2D eigenvalue weighted by Gasteiger charge is 2.54. The average Bonchev–Trinajstić information content (AvgIpc) is 2.57. The van der Waals surface area contributed by atoms with E-state index in [-0.39, 0.29) is 5.71 Å². The molecular weight excluding hydrogens is 288 g/mol. The van der Waals surface area contributed by atoms with Gasteiger partial charge in [-0.05, 0) is 33.3 Å². The van der Waals surface area contributed by atoms with Crippen molar-refractivity contribution in [3.8, 4) is 0 Å². The zero-order valence-corrected chi connectivity index (χ0v) is 13.6. The first kappa shape index (κ1) is 16.0. The number of carbonyl (C=O) groups is 1. The van der Waals surface area contributed by atoms with Crippen molar-refractivity contribution in [2.75, 3.05) is 6.54 Å². The molecule has 5 nitrogen and oxygen atoms in total. The van der Waals surface area contributed by atoms with E-state index in [1.54, 1.807) is 32.9 Å². The second-order valence-corrected chi connectivity index (χ2v) is 7.94. The van der Waals surface area contributed by atoms with Crippen LogP contribution in [0.2, 0.25) is 0 Å². The number of hydrogen-bond donors (Lipinski definition) is 2. The SMILES string of the molecule is CCN=C1C(=O)N(C(C)(C)C)S(O)(O)C1c1ccccc1. The lowest BCUT2D eigenvalue weighted by Gasteiger charge is -2.46. The van der Waals surface area contributed by atoms with Crippen molar-refractivity contribution >= 4 is 22.4 Å². The fourth-order valence-corrected chi connectivity index (χ4v) is 4.94. The van der Waals surface area contributed by atoms with Crippen molar-refractivity contribution in [1.29, 1.82) is 0 Å². The van der Waals surface area contributed by atoms with Gasteiger partial charge in [-0.1, -0.05) is 30.3 Å². The van der Waals surface area contributed by atoms with Gasteiger partial charge in [-0.25, -0.2) is 4.31 Å². The molecule has 2 N–H and O–H groups in total. The molecule has 0 radical (unpaired) electrons. The monoisotopic (exact) mass is 310 g/mol. The summed E-state index contributed by atoms with van der Waals surface area (Å²) in [5.41, 5.74) is 0.247. The zero-order valence-electron chi connectivity index (χ0n) is 12.8. The van der Waals surface area contributed by atoms with Crippen LogP contribution in [0.3, 0.4) is 0 Å². The Balaban J connectivity index is 2.61. The molecule has 1 heterocycles. The standard InChI is InChI=1S/C15H22N2O3S/c1-5-16-12-13(11-9-7-6-8-10-11)21(19,20)17(14(12)18)15(2,3)4/h6-10,13,19-20H,5H2,1-4H3. The van der Waals surface area contributed by atoms with E-state index in [2.05, 4.69) is 4.99 Å². The maximum Gasteiger partial charge on any atom is 0.288 e. The Morgan fingerprint density at radius 2 is 1.81 bits per heavy atom. The molecule has 1 aliphatic rings. The van der Waals surface area contributed by atoms with Crippen LogP contribution in [0.25, 0.3) is 0 Å². The van der Waals surface area contributed by atoms with Crippen molar-refractivity contribution in [1.82, 2.24) is 4.31 Å². The van der Waals surface area contributed by atoms with E-state index in [1.165, 1.54) is 4.31 Å². The maximum absolute atomic E-state index is 12.6. The third-order valence-corrected chi connectivity index (χ3v) is 5.66. The van der Waals surface area contributed by atoms with Crippen molar-refractivity contribution in [2.24, 2.45) is 4.99 Å². The number of amides is 1. The Bertz CT molecular complexity index is 564. The van der Waals surface area contributed by atoms with Crippen LogP contribution in [0.1, 0.15) is 38.5 Å². The minimum Gasteiger partial charge on any atom is -0.282 e. The highest BCUT2D eigenvalue weighted by Crippen LogP contribution is 2.64. The number of benzene rings is 1. The largest absolute Gasteiger partial charge is 0.288 e. The highest BCUT2D eigenvalue weighted by molar-refractivity contribution is 8.24. The van der Waals surface area contributed by atoms with Gasteiger partial charge in [0.05, 0.1) is 5.54 Å². The van der Waals surface area contributed by atoms with Gasteiger partial charge in [0.25, 0.3) is 5.91 Å². The molecule has 2 rings (SSSR count). The summed E-state index contributed by atoms with van der Waals surface area (Å²) >= 11 is 0. The minimum absolute atomic E-state index is 0.235. The van der Waals surface area contributed by atoms with Crippen molar-refractivity contribution < 1.29 is 13.9 Å². The van der Waals surface area contributed by atoms with Gasteiger partial charge in [-0.2, -0.15) is 0 Å². The van der Waals surface area contributed by atoms with Gasteiger partial charge in [-0.15, -0.1) is 10.8 Å². The number of aliphatic imine (C=N–C) groups is 1. The molecule has 1 aromatic carbocycles. The molecule has 0 aromatic heterocycles.